The summed E-state index contributed by atoms with van der Waals surface area (Å²) < 4.78 is 0. The van der Waals surface area contributed by atoms with Crippen LogP contribution in [0.15, 0.2) is 59.7 Å². The number of benzene rings is 2. The minimum Gasteiger partial charge on any atom is -0.375 e. The molecule has 0 amide bonds. The fourth-order valence-electron chi connectivity index (χ4n) is 2.23. The molecule has 0 aliphatic heterocycles. The molecule has 2 aromatic carbocycles. The summed E-state index contributed by atoms with van der Waals surface area (Å²) >= 11 is 4.69. The number of nitrogens with two attached hydrogens (primary N) is 1. The Morgan fingerprint density at radius 1 is 1.09 bits per heavy atom. The van der Waals surface area contributed by atoms with Crippen molar-refractivity contribution < 1.29 is 0 Å². The molecule has 0 radical (unpaired) electrons. The molecule has 0 aliphatic rings. The zero-order chi connectivity index (χ0) is 15.9. The van der Waals surface area contributed by atoms with Gasteiger partial charge >= 0.3 is 0 Å². The lowest BCUT2D eigenvalue weighted by Gasteiger charge is -2.29. The molecular weight excluding hydrogens is 292 g/mol. The number of thiocarbonyl (C=S) groups is 1. The minimum atomic E-state index is 0.155. The van der Waals surface area contributed by atoms with Crippen LogP contribution in [0, 0.1) is 0 Å². The Morgan fingerprint density at radius 2 is 1.68 bits per heavy atom. The third-order valence-electron chi connectivity index (χ3n) is 3.11. The van der Waals surface area contributed by atoms with E-state index in [2.05, 4.69) is 53.5 Å². The van der Waals surface area contributed by atoms with Crippen molar-refractivity contribution in [2.45, 2.75) is 19.9 Å². The van der Waals surface area contributed by atoms with Crippen LogP contribution in [-0.4, -0.2) is 17.4 Å². The monoisotopic (exact) mass is 312 g/mol. The van der Waals surface area contributed by atoms with Crippen molar-refractivity contribution in [3.63, 3.8) is 0 Å². The first kappa shape index (κ1) is 16.0. The molecule has 0 bridgehead atoms. The van der Waals surface area contributed by atoms with Crippen LogP contribution < -0.4 is 16.1 Å². The van der Waals surface area contributed by atoms with Gasteiger partial charge in [0.15, 0.2) is 5.11 Å². The van der Waals surface area contributed by atoms with Gasteiger partial charge in [-0.3, -0.25) is 5.43 Å². The largest absolute Gasteiger partial charge is 0.375 e. The lowest BCUT2D eigenvalue weighted by atomic mass is 10.1. The maximum atomic E-state index is 5.32. The van der Waals surface area contributed by atoms with Crippen LogP contribution in [0.1, 0.15) is 19.4 Å². The average molecular weight is 312 g/mol. The molecule has 0 heterocycles. The van der Waals surface area contributed by atoms with Crippen molar-refractivity contribution in [2.24, 2.45) is 10.8 Å². The molecule has 0 atom stereocenters. The van der Waals surface area contributed by atoms with Gasteiger partial charge in [0.1, 0.15) is 0 Å². The van der Waals surface area contributed by atoms with Crippen LogP contribution in [0.5, 0.6) is 0 Å². The van der Waals surface area contributed by atoms with E-state index in [4.69, 9.17) is 18.0 Å². The fraction of sp³-hybridized carbons (Fsp3) is 0.176. The third kappa shape index (κ3) is 4.30. The van der Waals surface area contributed by atoms with E-state index in [-0.39, 0.29) is 5.11 Å². The van der Waals surface area contributed by atoms with E-state index in [0.717, 1.165) is 11.3 Å². The SMILES string of the molecule is CC(C)N(c1ccccc1)c1ccc(C=NNC(N)=S)cc1. The molecule has 114 valence electrons. The maximum absolute atomic E-state index is 5.32. The van der Waals surface area contributed by atoms with Crippen LogP contribution >= 0.6 is 12.2 Å². The lowest BCUT2D eigenvalue weighted by Crippen LogP contribution is -2.25. The zero-order valence-electron chi connectivity index (χ0n) is 12.7. The molecule has 3 N–H and O–H groups in total. The second-order valence-electron chi connectivity index (χ2n) is 5.13. The number of rotatable bonds is 5. The lowest BCUT2D eigenvalue weighted by molar-refractivity contribution is 0.789. The third-order valence-corrected chi connectivity index (χ3v) is 3.20. The standard InChI is InChI=1S/C17H20N4S/c1-13(2)21(15-6-4-3-5-7-15)16-10-8-14(9-11-16)12-19-20-17(18)22/h3-13H,1-2H3,(H3,18,20,22). The highest BCUT2D eigenvalue weighted by Crippen LogP contribution is 2.27. The van der Waals surface area contributed by atoms with Crippen LogP contribution in [0.4, 0.5) is 11.4 Å². The fourth-order valence-corrected chi connectivity index (χ4v) is 2.28. The summed E-state index contributed by atoms with van der Waals surface area (Å²) in [5.74, 6) is 0. The van der Waals surface area contributed by atoms with Crippen molar-refractivity contribution in [3.8, 4) is 0 Å². The van der Waals surface area contributed by atoms with Crippen molar-refractivity contribution in [1.82, 2.24) is 5.43 Å². The molecule has 0 unspecified atom stereocenters. The van der Waals surface area contributed by atoms with Crippen LogP contribution in [-0.2, 0) is 0 Å². The molecule has 4 nitrogen and oxygen atoms in total. The van der Waals surface area contributed by atoms with E-state index < -0.39 is 0 Å². The highest BCUT2D eigenvalue weighted by atomic mass is 32.1. The molecule has 5 heteroatoms. The Hall–Kier alpha value is -2.40. The summed E-state index contributed by atoms with van der Waals surface area (Å²) in [5, 5.41) is 4.11. The first-order valence-electron chi connectivity index (χ1n) is 7.11. The predicted octanol–water partition coefficient (Wildman–Crippen LogP) is 3.40. The summed E-state index contributed by atoms with van der Waals surface area (Å²) in [7, 11) is 0. The van der Waals surface area contributed by atoms with Crippen molar-refractivity contribution in [3.05, 3.63) is 60.2 Å². The second-order valence-corrected chi connectivity index (χ2v) is 5.56. The molecule has 2 aromatic rings. The molecule has 22 heavy (non-hydrogen) atoms. The van der Waals surface area contributed by atoms with Gasteiger partial charge in [0.2, 0.25) is 0 Å². The second kappa shape index (κ2) is 7.56. The number of hydrogen-bond acceptors (Lipinski definition) is 3. The van der Waals surface area contributed by atoms with Crippen LogP contribution in [0.3, 0.4) is 0 Å². The van der Waals surface area contributed by atoms with Gasteiger partial charge in [0.25, 0.3) is 0 Å². The quantitative estimate of drug-likeness (QED) is 0.505. The molecule has 0 aromatic heterocycles. The molecule has 0 aliphatic carbocycles. The summed E-state index contributed by atoms with van der Waals surface area (Å²) in [6.45, 7) is 4.35. The highest BCUT2D eigenvalue weighted by Gasteiger charge is 2.12. The highest BCUT2D eigenvalue weighted by molar-refractivity contribution is 7.80. The van der Waals surface area contributed by atoms with Crippen LogP contribution in [0.2, 0.25) is 0 Å². The van der Waals surface area contributed by atoms with E-state index in [1.807, 2.05) is 30.3 Å². The Bertz CT molecular complexity index is 635. The smallest absolute Gasteiger partial charge is 0.184 e. The Morgan fingerprint density at radius 3 is 2.23 bits per heavy atom. The van der Waals surface area contributed by atoms with E-state index >= 15 is 0 Å². The number of hydrogen-bond donors (Lipinski definition) is 2. The van der Waals surface area contributed by atoms with Gasteiger partial charge in [-0.2, -0.15) is 5.10 Å². The number of nitrogens with one attached hydrogen (secondary N) is 1. The summed E-state index contributed by atoms with van der Waals surface area (Å²) in [4.78, 5) is 2.29. The first-order chi connectivity index (χ1) is 10.6. The Balaban J connectivity index is 2.20. The summed E-state index contributed by atoms with van der Waals surface area (Å²) in [6.07, 6.45) is 1.69. The van der Waals surface area contributed by atoms with Gasteiger partial charge in [0, 0.05) is 17.4 Å². The first-order valence-corrected chi connectivity index (χ1v) is 7.51. The molecule has 0 fully saturated rings. The molecular formula is C17H20N4S. The number of para-hydroxylation sites is 1. The number of anilines is 2. The van der Waals surface area contributed by atoms with Gasteiger partial charge in [-0.1, -0.05) is 30.3 Å². The normalized spacial score (nSPS) is 10.9. The molecule has 2 rings (SSSR count). The molecule has 0 saturated carbocycles. The van der Waals surface area contributed by atoms with Crippen molar-refractivity contribution in [1.29, 1.82) is 0 Å². The van der Waals surface area contributed by atoms with Crippen molar-refractivity contribution >= 4 is 34.9 Å². The summed E-state index contributed by atoms with van der Waals surface area (Å²) in [6, 6.07) is 18.9. The number of nitrogens with zero attached hydrogens (tertiary/aromatic N) is 2. The van der Waals surface area contributed by atoms with E-state index in [9.17, 15) is 0 Å². The van der Waals surface area contributed by atoms with Gasteiger partial charge < -0.3 is 10.6 Å². The number of hydrazone groups is 1. The molecule has 0 spiro atoms. The van der Waals surface area contributed by atoms with E-state index in [1.165, 1.54) is 5.69 Å². The van der Waals surface area contributed by atoms with E-state index in [0.29, 0.717) is 6.04 Å². The predicted molar refractivity (Wildman–Crippen MR) is 97.7 cm³/mol. The Labute approximate surface area is 136 Å². The maximum Gasteiger partial charge on any atom is 0.184 e. The van der Waals surface area contributed by atoms with Crippen molar-refractivity contribution in [2.75, 3.05) is 4.90 Å². The average Bonchev–Trinajstić information content (AvgIpc) is 2.49. The van der Waals surface area contributed by atoms with Crippen LogP contribution in [0.25, 0.3) is 0 Å². The molecule has 0 saturated heterocycles. The Kier molecular flexibility index (Phi) is 5.49. The minimum absolute atomic E-state index is 0.155. The van der Waals surface area contributed by atoms with Gasteiger partial charge in [-0.15, -0.1) is 0 Å². The van der Waals surface area contributed by atoms with Gasteiger partial charge in [-0.05, 0) is 55.9 Å². The van der Waals surface area contributed by atoms with Gasteiger partial charge in [0.05, 0.1) is 6.21 Å². The van der Waals surface area contributed by atoms with Gasteiger partial charge in [-0.25, -0.2) is 0 Å². The van der Waals surface area contributed by atoms with E-state index in [1.54, 1.807) is 6.21 Å². The zero-order valence-corrected chi connectivity index (χ0v) is 13.5. The topological polar surface area (TPSA) is 53.6 Å². The summed E-state index contributed by atoms with van der Waals surface area (Å²) in [5.41, 5.74) is 11.2.